The summed E-state index contributed by atoms with van der Waals surface area (Å²) in [5, 5.41) is 6.57. The first-order chi connectivity index (χ1) is 16.2. The van der Waals surface area contributed by atoms with Crippen LogP contribution in [0.3, 0.4) is 0 Å². The fourth-order valence-electron chi connectivity index (χ4n) is 4.16. The Bertz CT molecular complexity index is 1300. The molecule has 0 unspecified atom stereocenters. The van der Waals surface area contributed by atoms with Gasteiger partial charge in [0.15, 0.2) is 0 Å². The number of thiophene rings is 1. The number of amides is 1. The number of benzene rings is 1. The monoisotopic (exact) mass is 455 g/mol. The maximum Gasteiger partial charge on any atom is 0.228 e. The van der Waals surface area contributed by atoms with E-state index in [0.717, 1.165) is 51.3 Å². The van der Waals surface area contributed by atoms with E-state index in [2.05, 4.69) is 38.5 Å². The average molecular weight is 456 g/mol. The fourth-order valence-corrected chi connectivity index (χ4v) is 4.86. The summed E-state index contributed by atoms with van der Waals surface area (Å²) in [4.78, 5) is 29.6. The van der Waals surface area contributed by atoms with E-state index in [4.69, 9.17) is 0 Å². The van der Waals surface area contributed by atoms with E-state index in [-0.39, 0.29) is 5.91 Å². The average Bonchev–Trinajstić information content (AvgIpc) is 3.78. The molecule has 0 spiro atoms. The molecular formula is C26H25N5OS. The molecule has 1 N–H and O–H groups in total. The van der Waals surface area contributed by atoms with E-state index in [0.29, 0.717) is 25.0 Å². The summed E-state index contributed by atoms with van der Waals surface area (Å²) in [5.41, 5.74) is 4.04. The molecule has 3 heterocycles. The second kappa shape index (κ2) is 8.56. The van der Waals surface area contributed by atoms with Crippen LogP contribution in [0.5, 0.6) is 0 Å². The number of carbonyl (C=O) groups excluding carboxylic acids is 1. The molecule has 4 aromatic rings. The summed E-state index contributed by atoms with van der Waals surface area (Å²) in [6.45, 7) is 0.549. The van der Waals surface area contributed by atoms with Gasteiger partial charge in [0.05, 0.1) is 24.2 Å². The number of carbonyl (C=O) groups is 1. The van der Waals surface area contributed by atoms with Crippen LogP contribution in [-0.4, -0.2) is 37.8 Å². The molecule has 3 aromatic heterocycles. The van der Waals surface area contributed by atoms with Crippen LogP contribution in [0, 0.1) is 0 Å². The van der Waals surface area contributed by atoms with Gasteiger partial charge in [0, 0.05) is 28.5 Å². The lowest BCUT2D eigenvalue weighted by Crippen LogP contribution is -2.33. The van der Waals surface area contributed by atoms with Crippen molar-refractivity contribution < 1.29 is 4.79 Å². The Morgan fingerprint density at radius 1 is 1.03 bits per heavy atom. The van der Waals surface area contributed by atoms with E-state index < -0.39 is 0 Å². The lowest BCUT2D eigenvalue weighted by Gasteiger charge is -2.22. The quantitative estimate of drug-likeness (QED) is 0.402. The van der Waals surface area contributed by atoms with Crippen molar-refractivity contribution in [1.29, 1.82) is 0 Å². The van der Waals surface area contributed by atoms with Gasteiger partial charge in [-0.15, -0.1) is 11.3 Å². The molecule has 2 saturated carbocycles. The molecule has 6 rings (SSSR count). The number of rotatable bonds is 8. The predicted molar refractivity (Wildman–Crippen MR) is 131 cm³/mol. The Hall–Kier alpha value is -3.32. The molecule has 2 aliphatic rings. The van der Waals surface area contributed by atoms with Gasteiger partial charge in [-0.3, -0.25) is 9.78 Å². The topological polar surface area (TPSA) is 71.0 Å². The maximum atomic E-state index is 13.0. The molecule has 0 bridgehead atoms. The predicted octanol–water partition coefficient (Wildman–Crippen LogP) is 5.06. The second-order valence-corrected chi connectivity index (χ2v) is 9.95. The minimum absolute atomic E-state index is 0.186. The molecule has 2 aliphatic carbocycles. The second-order valence-electron chi connectivity index (χ2n) is 8.92. The van der Waals surface area contributed by atoms with Crippen LogP contribution in [0.15, 0.2) is 60.4 Å². The zero-order valence-electron chi connectivity index (χ0n) is 18.3. The Balaban J connectivity index is 1.26. The van der Waals surface area contributed by atoms with Gasteiger partial charge >= 0.3 is 0 Å². The number of hydrogen-bond donors (Lipinski definition) is 1. The van der Waals surface area contributed by atoms with Gasteiger partial charge in [-0.2, -0.15) is 0 Å². The highest BCUT2D eigenvalue weighted by Gasteiger charge is 2.32. The van der Waals surface area contributed by atoms with Crippen LogP contribution >= 0.6 is 11.3 Å². The van der Waals surface area contributed by atoms with Crippen LogP contribution in [0.4, 0.5) is 5.82 Å². The van der Waals surface area contributed by atoms with Gasteiger partial charge in [-0.25, -0.2) is 9.97 Å². The van der Waals surface area contributed by atoms with Crippen molar-refractivity contribution in [3.63, 3.8) is 0 Å². The molecule has 7 heteroatoms. The summed E-state index contributed by atoms with van der Waals surface area (Å²) in [6, 6.07) is 15.3. The smallest absolute Gasteiger partial charge is 0.228 e. The van der Waals surface area contributed by atoms with E-state index in [1.165, 1.54) is 12.8 Å². The van der Waals surface area contributed by atoms with Crippen molar-refractivity contribution in [3.8, 4) is 11.1 Å². The van der Waals surface area contributed by atoms with Gasteiger partial charge < -0.3 is 10.2 Å². The van der Waals surface area contributed by atoms with E-state index in [1.807, 2.05) is 40.7 Å². The minimum atomic E-state index is 0.186. The van der Waals surface area contributed by atoms with Crippen molar-refractivity contribution in [2.45, 2.75) is 50.7 Å². The zero-order chi connectivity index (χ0) is 22.2. The standard InChI is InChI=1S/C26H25N5OS/c32-25(14-22-2-1-11-33-22)31(21-6-7-21)15-20-12-18(9-10-27-20)17-3-8-24-23(13-17)26(29-16-28-24)30-19-4-5-19/h1-3,8-13,16,19,21H,4-7,14-15H2,(H,28,29,30). The third kappa shape index (κ3) is 4.59. The van der Waals surface area contributed by atoms with E-state index >= 15 is 0 Å². The molecule has 0 saturated heterocycles. The summed E-state index contributed by atoms with van der Waals surface area (Å²) in [6.07, 6.45) is 8.48. The van der Waals surface area contributed by atoms with Gasteiger partial charge in [0.25, 0.3) is 0 Å². The summed E-state index contributed by atoms with van der Waals surface area (Å²) < 4.78 is 0. The number of pyridine rings is 1. The highest BCUT2D eigenvalue weighted by molar-refractivity contribution is 7.10. The number of aromatic nitrogens is 3. The summed E-state index contributed by atoms with van der Waals surface area (Å²) in [7, 11) is 0. The molecule has 6 nitrogen and oxygen atoms in total. The van der Waals surface area contributed by atoms with Crippen LogP contribution in [0.1, 0.15) is 36.3 Å². The van der Waals surface area contributed by atoms with Crippen molar-refractivity contribution in [3.05, 3.63) is 70.9 Å². The molecule has 2 fully saturated rings. The van der Waals surface area contributed by atoms with Crippen molar-refractivity contribution in [2.75, 3.05) is 5.32 Å². The number of hydrogen-bond acceptors (Lipinski definition) is 6. The van der Waals surface area contributed by atoms with E-state index in [1.54, 1.807) is 17.7 Å². The number of anilines is 1. The SMILES string of the molecule is O=C(Cc1cccs1)N(Cc1cc(-c2ccc3ncnc(NC4CC4)c3c2)ccn1)C1CC1. The maximum absolute atomic E-state index is 13.0. The Morgan fingerprint density at radius 3 is 2.70 bits per heavy atom. The summed E-state index contributed by atoms with van der Waals surface area (Å²) >= 11 is 1.64. The number of fused-ring (bicyclic) bond motifs is 1. The van der Waals surface area contributed by atoms with Gasteiger partial charge in [-0.1, -0.05) is 12.1 Å². The molecule has 0 aliphatic heterocycles. The third-order valence-electron chi connectivity index (χ3n) is 6.25. The lowest BCUT2D eigenvalue weighted by molar-refractivity contribution is -0.131. The zero-order valence-corrected chi connectivity index (χ0v) is 19.1. The molecule has 1 aromatic carbocycles. The van der Waals surface area contributed by atoms with Crippen molar-refractivity contribution >= 4 is 34.0 Å². The van der Waals surface area contributed by atoms with Gasteiger partial charge in [0.1, 0.15) is 12.1 Å². The van der Waals surface area contributed by atoms with Gasteiger partial charge in [-0.05, 0) is 72.5 Å². The molecule has 1 amide bonds. The highest BCUT2D eigenvalue weighted by atomic mass is 32.1. The first-order valence-corrected chi connectivity index (χ1v) is 12.4. The Kier molecular flexibility index (Phi) is 5.26. The third-order valence-corrected chi connectivity index (χ3v) is 7.13. The van der Waals surface area contributed by atoms with Crippen LogP contribution < -0.4 is 5.32 Å². The molecule has 0 radical (unpaired) electrons. The van der Waals surface area contributed by atoms with Crippen LogP contribution in [0.2, 0.25) is 0 Å². The first kappa shape index (κ1) is 20.3. The lowest BCUT2D eigenvalue weighted by atomic mass is 10.0. The summed E-state index contributed by atoms with van der Waals surface area (Å²) in [5.74, 6) is 1.09. The van der Waals surface area contributed by atoms with Crippen molar-refractivity contribution in [1.82, 2.24) is 19.9 Å². The molecule has 166 valence electrons. The molecule has 0 atom stereocenters. The normalized spacial score (nSPS) is 15.5. The van der Waals surface area contributed by atoms with Crippen LogP contribution in [0.25, 0.3) is 22.0 Å². The molecular weight excluding hydrogens is 430 g/mol. The minimum Gasteiger partial charge on any atom is -0.367 e. The van der Waals surface area contributed by atoms with Crippen LogP contribution in [-0.2, 0) is 17.8 Å². The highest BCUT2D eigenvalue weighted by Crippen LogP contribution is 2.32. The largest absolute Gasteiger partial charge is 0.367 e. The van der Waals surface area contributed by atoms with E-state index in [9.17, 15) is 4.79 Å². The van der Waals surface area contributed by atoms with Gasteiger partial charge in [0.2, 0.25) is 5.91 Å². The Morgan fingerprint density at radius 2 is 1.91 bits per heavy atom. The first-order valence-electron chi connectivity index (χ1n) is 11.5. The molecule has 33 heavy (non-hydrogen) atoms. The van der Waals surface area contributed by atoms with Crippen molar-refractivity contribution in [2.24, 2.45) is 0 Å². The Labute approximate surface area is 196 Å². The number of nitrogens with zero attached hydrogens (tertiary/aromatic N) is 4. The number of nitrogens with one attached hydrogen (secondary N) is 1. The fraction of sp³-hybridized carbons (Fsp3) is 0.308.